The molecule has 0 atom stereocenters. The van der Waals surface area contributed by atoms with Gasteiger partial charge in [0, 0.05) is 33.3 Å². The molecular formula is C15H19N3OS. The molecule has 1 aromatic carbocycles. The van der Waals surface area contributed by atoms with Crippen LogP contribution in [0, 0.1) is 0 Å². The van der Waals surface area contributed by atoms with Gasteiger partial charge in [-0.15, -0.1) is 0 Å². The standard InChI is InChI=1S/C15H19N3OS/c1-17(2)14-5-4-12(8-13(14)16)15(19)18(3)9-11-6-7-20-10-11/h4-8,10H,9,16H2,1-3H3. The monoisotopic (exact) mass is 289 g/mol. The van der Waals surface area contributed by atoms with Crippen molar-refractivity contribution in [2.45, 2.75) is 6.54 Å². The van der Waals surface area contributed by atoms with Crippen LogP contribution in [0.2, 0.25) is 0 Å². The van der Waals surface area contributed by atoms with E-state index < -0.39 is 0 Å². The molecule has 0 saturated heterocycles. The van der Waals surface area contributed by atoms with Crippen LogP contribution in [-0.2, 0) is 6.54 Å². The summed E-state index contributed by atoms with van der Waals surface area (Å²) < 4.78 is 0. The lowest BCUT2D eigenvalue weighted by Gasteiger charge is -2.19. The fourth-order valence-corrected chi connectivity index (χ4v) is 2.70. The minimum atomic E-state index is -0.0202. The van der Waals surface area contributed by atoms with E-state index in [1.807, 2.05) is 48.0 Å². The highest BCUT2D eigenvalue weighted by atomic mass is 32.1. The summed E-state index contributed by atoms with van der Waals surface area (Å²) in [5, 5.41) is 4.06. The number of nitrogens with two attached hydrogens (primary N) is 1. The summed E-state index contributed by atoms with van der Waals surface area (Å²) in [4.78, 5) is 16.0. The van der Waals surface area contributed by atoms with Gasteiger partial charge >= 0.3 is 0 Å². The van der Waals surface area contributed by atoms with Gasteiger partial charge in [-0.3, -0.25) is 4.79 Å². The summed E-state index contributed by atoms with van der Waals surface area (Å²) in [6, 6.07) is 7.46. The van der Waals surface area contributed by atoms with Gasteiger partial charge in [0.25, 0.3) is 5.91 Å². The minimum Gasteiger partial charge on any atom is -0.397 e. The van der Waals surface area contributed by atoms with Crippen molar-refractivity contribution in [1.82, 2.24) is 4.90 Å². The third-order valence-electron chi connectivity index (χ3n) is 3.10. The van der Waals surface area contributed by atoms with Gasteiger partial charge in [-0.25, -0.2) is 0 Å². The smallest absolute Gasteiger partial charge is 0.253 e. The average Bonchev–Trinajstić information content (AvgIpc) is 2.90. The summed E-state index contributed by atoms with van der Waals surface area (Å²) in [5.74, 6) is -0.0202. The number of thiophene rings is 1. The maximum atomic E-state index is 12.4. The number of rotatable bonds is 4. The second-order valence-electron chi connectivity index (χ2n) is 4.96. The molecule has 1 heterocycles. The van der Waals surface area contributed by atoms with Gasteiger partial charge in [0.15, 0.2) is 0 Å². The lowest BCUT2D eigenvalue weighted by Crippen LogP contribution is -2.26. The molecular weight excluding hydrogens is 270 g/mol. The first-order chi connectivity index (χ1) is 9.49. The summed E-state index contributed by atoms with van der Waals surface area (Å²) in [7, 11) is 5.65. The average molecular weight is 289 g/mol. The lowest BCUT2D eigenvalue weighted by atomic mass is 10.1. The van der Waals surface area contributed by atoms with Crippen molar-refractivity contribution >= 4 is 28.6 Å². The number of carbonyl (C=O) groups excluding carboxylic acids is 1. The maximum absolute atomic E-state index is 12.4. The molecule has 106 valence electrons. The van der Waals surface area contributed by atoms with Crippen LogP contribution in [0.5, 0.6) is 0 Å². The highest BCUT2D eigenvalue weighted by Crippen LogP contribution is 2.23. The number of hydrogen-bond donors (Lipinski definition) is 1. The van der Waals surface area contributed by atoms with E-state index in [1.165, 1.54) is 0 Å². The highest BCUT2D eigenvalue weighted by Gasteiger charge is 2.14. The Kier molecular flexibility index (Phi) is 4.29. The Morgan fingerprint density at radius 1 is 1.25 bits per heavy atom. The van der Waals surface area contributed by atoms with E-state index in [1.54, 1.807) is 29.4 Å². The molecule has 5 heteroatoms. The summed E-state index contributed by atoms with van der Waals surface area (Å²) in [6.07, 6.45) is 0. The Labute approximate surface area is 123 Å². The second kappa shape index (κ2) is 5.96. The molecule has 0 bridgehead atoms. The SMILES string of the molecule is CN(Cc1ccsc1)C(=O)c1ccc(N(C)C)c(N)c1. The third-order valence-corrected chi connectivity index (χ3v) is 3.83. The van der Waals surface area contributed by atoms with E-state index in [2.05, 4.69) is 0 Å². The maximum Gasteiger partial charge on any atom is 0.253 e. The zero-order valence-corrected chi connectivity index (χ0v) is 12.8. The van der Waals surface area contributed by atoms with Crippen LogP contribution >= 0.6 is 11.3 Å². The molecule has 0 unspecified atom stereocenters. The van der Waals surface area contributed by atoms with E-state index in [0.717, 1.165) is 11.3 Å². The van der Waals surface area contributed by atoms with Gasteiger partial charge in [0.05, 0.1) is 11.4 Å². The number of nitrogen functional groups attached to an aromatic ring is 1. The van der Waals surface area contributed by atoms with E-state index >= 15 is 0 Å². The molecule has 0 saturated carbocycles. The third kappa shape index (κ3) is 3.11. The largest absolute Gasteiger partial charge is 0.397 e. The van der Waals surface area contributed by atoms with Crippen molar-refractivity contribution < 1.29 is 4.79 Å². The van der Waals surface area contributed by atoms with Gasteiger partial charge in [0.2, 0.25) is 0 Å². The number of amides is 1. The Morgan fingerprint density at radius 2 is 2.00 bits per heavy atom. The molecule has 0 spiro atoms. The lowest BCUT2D eigenvalue weighted by molar-refractivity contribution is 0.0785. The molecule has 0 aliphatic carbocycles. The van der Waals surface area contributed by atoms with Crippen LogP contribution in [0.1, 0.15) is 15.9 Å². The van der Waals surface area contributed by atoms with Gasteiger partial charge < -0.3 is 15.5 Å². The van der Waals surface area contributed by atoms with E-state index in [0.29, 0.717) is 17.8 Å². The second-order valence-corrected chi connectivity index (χ2v) is 5.74. The zero-order valence-electron chi connectivity index (χ0n) is 12.0. The normalized spacial score (nSPS) is 10.3. The van der Waals surface area contributed by atoms with Gasteiger partial charge in [-0.1, -0.05) is 0 Å². The van der Waals surface area contributed by atoms with Crippen molar-refractivity contribution in [1.29, 1.82) is 0 Å². The van der Waals surface area contributed by atoms with Crippen molar-refractivity contribution in [2.75, 3.05) is 31.8 Å². The first kappa shape index (κ1) is 14.4. The highest BCUT2D eigenvalue weighted by molar-refractivity contribution is 7.07. The molecule has 0 aliphatic rings. The van der Waals surface area contributed by atoms with Crippen molar-refractivity contribution in [3.63, 3.8) is 0 Å². The molecule has 20 heavy (non-hydrogen) atoms. The molecule has 2 N–H and O–H groups in total. The minimum absolute atomic E-state index is 0.0202. The molecule has 0 radical (unpaired) electrons. The van der Waals surface area contributed by atoms with Crippen LogP contribution in [0.15, 0.2) is 35.0 Å². The van der Waals surface area contributed by atoms with Crippen LogP contribution in [-0.4, -0.2) is 32.0 Å². The predicted molar refractivity (Wildman–Crippen MR) is 85.3 cm³/mol. The predicted octanol–water partition coefficient (Wildman–Crippen LogP) is 2.67. The van der Waals surface area contributed by atoms with Gasteiger partial charge in [0.1, 0.15) is 0 Å². The van der Waals surface area contributed by atoms with Crippen molar-refractivity contribution in [3.05, 3.63) is 46.2 Å². The van der Waals surface area contributed by atoms with Gasteiger partial charge in [-0.05, 0) is 40.6 Å². The molecule has 1 amide bonds. The fraction of sp³-hybridized carbons (Fsp3) is 0.267. The quantitative estimate of drug-likeness (QED) is 0.880. The molecule has 4 nitrogen and oxygen atoms in total. The Bertz CT molecular complexity index is 593. The zero-order chi connectivity index (χ0) is 14.7. The molecule has 0 aliphatic heterocycles. The fourth-order valence-electron chi connectivity index (χ4n) is 2.04. The number of hydrogen-bond acceptors (Lipinski definition) is 4. The van der Waals surface area contributed by atoms with Crippen LogP contribution < -0.4 is 10.6 Å². The molecule has 2 rings (SSSR count). The van der Waals surface area contributed by atoms with Gasteiger partial charge in [-0.2, -0.15) is 11.3 Å². The summed E-state index contributed by atoms with van der Waals surface area (Å²) >= 11 is 1.63. The van der Waals surface area contributed by atoms with E-state index in [-0.39, 0.29) is 5.91 Å². The Hall–Kier alpha value is -2.01. The number of nitrogens with zero attached hydrogens (tertiary/aromatic N) is 2. The summed E-state index contributed by atoms with van der Waals surface area (Å²) in [5.41, 5.74) is 9.28. The van der Waals surface area contributed by atoms with E-state index in [4.69, 9.17) is 5.73 Å². The van der Waals surface area contributed by atoms with Crippen LogP contribution in [0.3, 0.4) is 0 Å². The van der Waals surface area contributed by atoms with E-state index in [9.17, 15) is 4.79 Å². The topological polar surface area (TPSA) is 49.6 Å². The van der Waals surface area contributed by atoms with Crippen molar-refractivity contribution in [2.24, 2.45) is 0 Å². The summed E-state index contributed by atoms with van der Waals surface area (Å²) in [6.45, 7) is 0.609. The first-order valence-electron chi connectivity index (χ1n) is 6.32. The number of anilines is 2. The van der Waals surface area contributed by atoms with Crippen LogP contribution in [0.4, 0.5) is 11.4 Å². The first-order valence-corrected chi connectivity index (χ1v) is 7.26. The van der Waals surface area contributed by atoms with Crippen molar-refractivity contribution in [3.8, 4) is 0 Å². The van der Waals surface area contributed by atoms with Crippen LogP contribution in [0.25, 0.3) is 0 Å². The molecule has 1 aromatic heterocycles. The number of carbonyl (C=O) groups is 1. The number of benzene rings is 1. The Morgan fingerprint density at radius 3 is 2.55 bits per heavy atom. The molecule has 0 fully saturated rings. The molecule has 2 aromatic rings. The Balaban J connectivity index is 2.14.